The number of rotatable bonds is 4. The molecule has 0 bridgehead atoms. The summed E-state index contributed by atoms with van der Waals surface area (Å²) in [5.74, 6) is 5.52. The van der Waals surface area contributed by atoms with Gasteiger partial charge in [-0.2, -0.15) is 0 Å². The van der Waals surface area contributed by atoms with Gasteiger partial charge in [-0.25, -0.2) is 4.98 Å². The van der Waals surface area contributed by atoms with Gasteiger partial charge in [-0.1, -0.05) is 12.8 Å². The van der Waals surface area contributed by atoms with Crippen molar-refractivity contribution in [2.75, 3.05) is 0 Å². The van der Waals surface area contributed by atoms with E-state index in [1.807, 2.05) is 27.7 Å². The topological polar surface area (TPSA) is 62.2 Å². The van der Waals surface area contributed by atoms with E-state index in [1.165, 1.54) is 11.3 Å². The number of aromatic nitrogens is 1. The van der Waals surface area contributed by atoms with Gasteiger partial charge in [0.15, 0.2) is 0 Å². The molecule has 2 rings (SSSR count). The maximum absolute atomic E-state index is 12.7. The summed E-state index contributed by atoms with van der Waals surface area (Å²) in [4.78, 5) is 17.3. The number of carbonyl (C=O) groups is 1. The molecule has 5 heteroatoms. The number of hydrogen-bond donors (Lipinski definition) is 2. The van der Waals surface area contributed by atoms with Gasteiger partial charge >= 0.3 is 0 Å². The van der Waals surface area contributed by atoms with Crippen LogP contribution in [-0.4, -0.2) is 21.5 Å². The standard InChI is InChI=1S/C18H22N2O2S/c1-6-8-18(4,5)20-17(22)13(7-2)14-9-12(21)10-15-16(14)19-11(3)23-15/h9-10,13,21H,7H2,1-5H3,(H,20,22). The Morgan fingerprint density at radius 3 is 2.78 bits per heavy atom. The van der Waals surface area contributed by atoms with Crippen LogP contribution in [-0.2, 0) is 4.79 Å². The molecule has 1 aromatic carbocycles. The second-order valence-electron chi connectivity index (χ2n) is 6.06. The summed E-state index contributed by atoms with van der Waals surface area (Å²) >= 11 is 1.52. The van der Waals surface area contributed by atoms with Crippen molar-refractivity contribution in [2.24, 2.45) is 0 Å². The average molecular weight is 330 g/mol. The molecule has 0 fully saturated rings. The molecule has 0 spiro atoms. The second-order valence-corrected chi connectivity index (χ2v) is 7.30. The molecule has 0 saturated heterocycles. The smallest absolute Gasteiger partial charge is 0.228 e. The largest absolute Gasteiger partial charge is 0.508 e. The first-order chi connectivity index (χ1) is 10.8. The van der Waals surface area contributed by atoms with Gasteiger partial charge in [0.1, 0.15) is 5.75 Å². The molecule has 2 N–H and O–H groups in total. The zero-order valence-electron chi connectivity index (χ0n) is 14.2. The molecule has 0 radical (unpaired) electrons. The van der Waals surface area contributed by atoms with Crippen LogP contribution >= 0.6 is 11.3 Å². The molecule has 2 aromatic rings. The van der Waals surface area contributed by atoms with Crippen molar-refractivity contribution in [3.8, 4) is 17.6 Å². The number of thiazole rings is 1. The molecule has 1 unspecified atom stereocenters. The van der Waals surface area contributed by atoms with Crippen LogP contribution in [0.2, 0.25) is 0 Å². The Hall–Kier alpha value is -2.06. The maximum atomic E-state index is 12.7. The Kier molecular flexibility index (Phi) is 4.96. The molecule has 1 amide bonds. The quantitative estimate of drug-likeness (QED) is 0.840. The molecular weight excluding hydrogens is 308 g/mol. The monoisotopic (exact) mass is 330 g/mol. The lowest BCUT2D eigenvalue weighted by atomic mass is 9.93. The van der Waals surface area contributed by atoms with Gasteiger partial charge in [-0.3, -0.25) is 4.79 Å². The third-order valence-corrected chi connectivity index (χ3v) is 4.51. The van der Waals surface area contributed by atoms with Crippen molar-refractivity contribution < 1.29 is 9.90 Å². The molecule has 1 atom stereocenters. The van der Waals surface area contributed by atoms with E-state index >= 15 is 0 Å². The first kappa shape index (κ1) is 17.3. The van der Waals surface area contributed by atoms with Crippen molar-refractivity contribution in [1.82, 2.24) is 10.3 Å². The number of aryl methyl sites for hydroxylation is 1. The van der Waals surface area contributed by atoms with Gasteiger partial charge in [-0.15, -0.1) is 17.3 Å². The molecule has 0 saturated carbocycles. The number of benzene rings is 1. The van der Waals surface area contributed by atoms with Crippen molar-refractivity contribution in [2.45, 2.75) is 52.5 Å². The summed E-state index contributed by atoms with van der Waals surface area (Å²) in [6.07, 6.45) is 0.622. The lowest BCUT2D eigenvalue weighted by molar-refractivity contribution is -0.123. The van der Waals surface area contributed by atoms with Crippen molar-refractivity contribution >= 4 is 27.5 Å². The number of nitrogens with one attached hydrogen (secondary N) is 1. The van der Waals surface area contributed by atoms with E-state index in [0.717, 1.165) is 20.8 Å². The van der Waals surface area contributed by atoms with Crippen molar-refractivity contribution in [3.05, 3.63) is 22.7 Å². The molecule has 4 nitrogen and oxygen atoms in total. The molecule has 23 heavy (non-hydrogen) atoms. The lowest BCUT2D eigenvalue weighted by Crippen LogP contribution is -2.44. The number of hydrogen-bond acceptors (Lipinski definition) is 4. The molecule has 0 aliphatic carbocycles. The van der Waals surface area contributed by atoms with Crippen LogP contribution in [0, 0.1) is 18.8 Å². The summed E-state index contributed by atoms with van der Waals surface area (Å²) < 4.78 is 0.899. The van der Waals surface area contributed by atoms with Crippen LogP contribution in [0.25, 0.3) is 10.2 Å². The molecule has 0 aliphatic heterocycles. The number of nitrogens with zero attached hydrogens (tertiary/aromatic N) is 1. The van der Waals surface area contributed by atoms with Crippen LogP contribution in [0.4, 0.5) is 0 Å². The van der Waals surface area contributed by atoms with Crippen LogP contribution in [0.3, 0.4) is 0 Å². The van der Waals surface area contributed by atoms with E-state index in [2.05, 4.69) is 22.1 Å². The van der Waals surface area contributed by atoms with Crippen LogP contribution in [0.15, 0.2) is 12.1 Å². The van der Waals surface area contributed by atoms with Gasteiger partial charge in [0.25, 0.3) is 0 Å². The summed E-state index contributed by atoms with van der Waals surface area (Å²) in [7, 11) is 0. The van der Waals surface area contributed by atoms with Crippen LogP contribution < -0.4 is 5.32 Å². The van der Waals surface area contributed by atoms with Crippen LogP contribution in [0.1, 0.15) is 50.6 Å². The Bertz CT molecular complexity index is 796. The second kappa shape index (κ2) is 6.59. The molecule has 0 aliphatic rings. The normalized spacial score (nSPS) is 12.6. The molecular formula is C18H22N2O2S. The van der Waals surface area contributed by atoms with E-state index in [4.69, 9.17) is 0 Å². The number of aromatic hydroxyl groups is 1. The number of fused-ring (bicyclic) bond motifs is 1. The van der Waals surface area contributed by atoms with Crippen LogP contribution in [0.5, 0.6) is 5.75 Å². The first-order valence-corrected chi connectivity index (χ1v) is 8.45. The number of carbonyl (C=O) groups excluding carboxylic acids is 1. The van der Waals surface area contributed by atoms with Gasteiger partial charge < -0.3 is 10.4 Å². The zero-order valence-corrected chi connectivity index (χ0v) is 15.0. The van der Waals surface area contributed by atoms with E-state index < -0.39 is 5.54 Å². The predicted octanol–water partition coefficient (Wildman–Crippen LogP) is 3.72. The van der Waals surface area contributed by atoms with Crippen molar-refractivity contribution in [3.63, 3.8) is 0 Å². The van der Waals surface area contributed by atoms with Gasteiger partial charge in [0.2, 0.25) is 5.91 Å². The molecule has 1 aromatic heterocycles. The highest BCUT2D eigenvalue weighted by Crippen LogP contribution is 2.34. The summed E-state index contributed by atoms with van der Waals surface area (Å²) in [6, 6.07) is 3.34. The first-order valence-electron chi connectivity index (χ1n) is 7.63. The number of phenolic OH excluding ortho intramolecular Hbond substituents is 1. The molecule has 122 valence electrons. The fourth-order valence-corrected chi connectivity index (χ4v) is 3.60. The predicted molar refractivity (Wildman–Crippen MR) is 94.7 cm³/mol. The summed E-state index contributed by atoms with van der Waals surface area (Å²) in [6.45, 7) is 9.38. The molecule has 1 heterocycles. The minimum atomic E-state index is -0.590. The zero-order chi connectivity index (χ0) is 17.2. The lowest BCUT2D eigenvalue weighted by Gasteiger charge is -2.24. The third-order valence-electron chi connectivity index (χ3n) is 3.59. The summed E-state index contributed by atoms with van der Waals surface area (Å²) in [5.41, 5.74) is 0.976. The Morgan fingerprint density at radius 1 is 1.48 bits per heavy atom. The highest BCUT2D eigenvalue weighted by Gasteiger charge is 2.27. The summed E-state index contributed by atoms with van der Waals surface area (Å²) in [5, 5.41) is 13.9. The van der Waals surface area contributed by atoms with Gasteiger partial charge in [-0.05, 0) is 51.8 Å². The fourth-order valence-electron chi connectivity index (χ4n) is 2.70. The van der Waals surface area contributed by atoms with E-state index in [1.54, 1.807) is 19.1 Å². The fraction of sp³-hybridized carbons (Fsp3) is 0.444. The Labute approximate surface area is 140 Å². The van der Waals surface area contributed by atoms with E-state index in [9.17, 15) is 9.90 Å². The highest BCUT2D eigenvalue weighted by atomic mass is 32.1. The SMILES string of the molecule is CC#CC(C)(C)NC(=O)C(CC)c1cc(O)cc2sc(C)nc12. The Balaban J connectivity index is 2.44. The Morgan fingerprint density at radius 2 is 2.17 bits per heavy atom. The van der Waals surface area contributed by atoms with Gasteiger partial charge in [0, 0.05) is 0 Å². The minimum absolute atomic E-state index is 0.0993. The highest BCUT2D eigenvalue weighted by molar-refractivity contribution is 7.18. The van der Waals surface area contributed by atoms with E-state index in [-0.39, 0.29) is 17.6 Å². The van der Waals surface area contributed by atoms with Crippen molar-refractivity contribution in [1.29, 1.82) is 0 Å². The minimum Gasteiger partial charge on any atom is -0.508 e. The number of phenols is 1. The number of amides is 1. The average Bonchev–Trinajstić information content (AvgIpc) is 2.78. The van der Waals surface area contributed by atoms with Gasteiger partial charge in [0.05, 0.1) is 26.7 Å². The van der Waals surface area contributed by atoms with E-state index in [0.29, 0.717) is 6.42 Å². The third kappa shape index (κ3) is 3.83. The maximum Gasteiger partial charge on any atom is 0.228 e.